The van der Waals surface area contributed by atoms with Gasteiger partial charge in [0, 0.05) is 13.1 Å². The number of hydrogen-bond donors (Lipinski definition) is 2. The lowest BCUT2D eigenvalue weighted by Gasteiger charge is -2.33. The van der Waals surface area contributed by atoms with Crippen LogP contribution in [0.4, 0.5) is 13.2 Å². The van der Waals surface area contributed by atoms with Crippen molar-refractivity contribution >= 4 is 11.9 Å². The quantitative estimate of drug-likeness (QED) is 0.740. The van der Waals surface area contributed by atoms with Crippen LogP contribution in [0.2, 0.25) is 0 Å². The van der Waals surface area contributed by atoms with E-state index in [1.54, 1.807) is 0 Å². The Morgan fingerprint density at radius 3 is 2.06 bits per heavy atom. The average molecular weight is 255 g/mol. The van der Waals surface area contributed by atoms with Gasteiger partial charge in [0.2, 0.25) is 0 Å². The van der Waals surface area contributed by atoms with Gasteiger partial charge in [0.25, 0.3) is 0 Å². The molecule has 0 radical (unpaired) electrons. The highest BCUT2D eigenvalue weighted by Gasteiger charge is 2.44. The smallest absolute Gasteiger partial charge is 0.471 e. The van der Waals surface area contributed by atoms with E-state index in [0.717, 1.165) is 0 Å². The van der Waals surface area contributed by atoms with E-state index in [1.165, 1.54) is 0 Å². The molecule has 17 heavy (non-hydrogen) atoms. The molecule has 0 spiro atoms. The van der Waals surface area contributed by atoms with Crippen LogP contribution in [-0.4, -0.2) is 52.4 Å². The van der Waals surface area contributed by atoms with E-state index >= 15 is 0 Å². The molecule has 1 atom stereocenters. The molecule has 0 aliphatic carbocycles. The van der Waals surface area contributed by atoms with Gasteiger partial charge in [0.05, 0.1) is 0 Å². The molecule has 98 valence electrons. The van der Waals surface area contributed by atoms with Crippen LogP contribution >= 0.6 is 0 Å². The monoisotopic (exact) mass is 255 g/mol. The zero-order valence-corrected chi connectivity index (χ0v) is 8.78. The molecule has 0 saturated carbocycles. The molecule has 0 bridgehead atoms. The van der Waals surface area contributed by atoms with E-state index in [0.29, 0.717) is 4.90 Å². The Morgan fingerprint density at radius 2 is 1.71 bits per heavy atom. The van der Waals surface area contributed by atoms with Gasteiger partial charge in [-0.25, -0.2) is 4.79 Å². The zero-order valence-electron chi connectivity index (χ0n) is 8.78. The number of aliphatic hydroxyl groups is 1. The molecule has 1 saturated heterocycles. The highest BCUT2D eigenvalue weighted by molar-refractivity contribution is 5.82. The molecule has 5 nitrogen and oxygen atoms in total. The third-order valence-corrected chi connectivity index (χ3v) is 2.77. The summed E-state index contributed by atoms with van der Waals surface area (Å²) in [5, 5.41) is 17.7. The van der Waals surface area contributed by atoms with E-state index in [1.807, 2.05) is 0 Å². The molecule has 1 aliphatic heterocycles. The molecular formula is C9H12F3NO4. The summed E-state index contributed by atoms with van der Waals surface area (Å²) in [6, 6.07) is 0. The second-order valence-corrected chi connectivity index (χ2v) is 3.91. The molecule has 1 rings (SSSR count). The van der Waals surface area contributed by atoms with E-state index < -0.39 is 30.1 Å². The first-order valence-electron chi connectivity index (χ1n) is 5.00. The third-order valence-electron chi connectivity index (χ3n) is 2.77. The van der Waals surface area contributed by atoms with E-state index in [-0.39, 0.29) is 25.9 Å². The number of hydrogen-bond acceptors (Lipinski definition) is 3. The predicted molar refractivity (Wildman–Crippen MR) is 49.0 cm³/mol. The van der Waals surface area contributed by atoms with Gasteiger partial charge in [-0.1, -0.05) is 0 Å². The van der Waals surface area contributed by atoms with Crippen molar-refractivity contribution in [3.63, 3.8) is 0 Å². The van der Waals surface area contributed by atoms with Crippen molar-refractivity contribution in [2.75, 3.05) is 13.1 Å². The molecule has 1 heterocycles. The molecule has 1 fully saturated rings. The fourth-order valence-electron chi connectivity index (χ4n) is 1.80. The van der Waals surface area contributed by atoms with Gasteiger partial charge in [-0.2, -0.15) is 13.2 Å². The fraction of sp³-hybridized carbons (Fsp3) is 0.778. The number of alkyl halides is 3. The van der Waals surface area contributed by atoms with Gasteiger partial charge >= 0.3 is 18.1 Å². The normalized spacial score (nSPS) is 20.1. The van der Waals surface area contributed by atoms with Crippen molar-refractivity contribution in [1.82, 2.24) is 4.90 Å². The first kappa shape index (κ1) is 13.8. The molecule has 1 aliphatic rings. The number of aliphatic carboxylic acids is 1. The number of nitrogens with zero attached hydrogens (tertiary/aromatic N) is 1. The maximum absolute atomic E-state index is 12.1. The Kier molecular flexibility index (Phi) is 3.97. The van der Waals surface area contributed by atoms with Crippen LogP contribution in [-0.2, 0) is 9.59 Å². The Hall–Kier alpha value is -1.31. The van der Waals surface area contributed by atoms with E-state index in [2.05, 4.69) is 0 Å². The minimum absolute atomic E-state index is 0.0509. The van der Waals surface area contributed by atoms with Gasteiger partial charge in [-0.05, 0) is 18.8 Å². The maximum atomic E-state index is 12.1. The summed E-state index contributed by atoms with van der Waals surface area (Å²) in [6.07, 6.45) is -6.39. The number of carbonyl (C=O) groups excluding carboxylic acids is 1. The highest BCUT2D eigenvalue weighted by atomic mass is 19.4. The first-order chi connectivity index (χ1) is 7.73. The minimum Gasteiger partial charge on any atom is -0.479 e. The summed E-state index contributed by atoms with van der Waals surface area (Å²) in [6.45, 7) is -0.374. The number of amides is 1. The number of aliphatic hydroxyl groups excluding tert-OH is 1. The van der Waals surface area contributed by atoms with Crippen molar-refractivity contribution < 1.29 is 33.0 Å². The maximum Gasteiger partial charge on any atom is 0.471 e. The number of halogens is 3. The van der Waals surface area contributed by atoms with Crippen LogP contribution < -0.4 is 0 Å². The number of carbonyl (C=O) groups is 2. The number of rotatable bonds is 2. The summed E-state index contributed by atoms with van der Waals surface area (Å²) < 4.78 is 36.2. The van der Waals surface area contributed by atoms with Gasteiger partial charge in [0.15, 0.2) is 6.10 Å². The summed E-state index contributed by atoms with van der Waals surface area (Å²) in [5.74, 6) is -3.92. The number of piperidine rings is 1. The largest absolute Gasteiger partial charge is 0.479 e. The first-order valence-corrected chi connectivity index (χ1v) is 5.00. The van der Waals surface area contributed by atoms with Crippen molar-refractivity contribution in [2.24, 2.45) is 5.92 Å². The standard InChI is InChI=1S/C9H12F3NO4/c10-9(11,12)8(17)13-3-1-5(2-4-13)6(14)7(15)16/h5-6,14H,1-4H2,(H,15,16). The Bertz CT molecular complexity index is 310. The summed E-state index contributed by atoms with van der Waals surface area (Å²) in [7, 11) is 0. The van der Waals surface area contributed by atoms with Crippen molar-refractivity contribution in [3.05, 3.63) is 0 Å². The van der Waals surface area contributed by atoms with Crippen LogP contribution in [0.1, 0.15) is 12.8 Å². The molecule has 0 aromatic heterocycles. The minimum atomic E-state index is -4.90. The summed E-state index contributed by atoms with van der Waals surface area (Å²) in [4.78, 5) is 21.9. The molecule has 0 aromatic rings. The van der Waals surface area contributed by atoms with Gasteiger partial charge in [-0.15, -0.1) is 0 Å². The lowest BCUT2D eigenvalue weighted by atomic mass is 9.91. The van der Waals surface area contributed by atoms with Gasteiger partial charge < -0.3 is 15.1 Å². The van der Waals surface area contributed by atoms with Gasteiger partial charge in [0.1, 0.15) is 0 Å². The SMILES string of the molecule is O=C(O)C(O)C1CCN(C(=O)C(F)(F)F)CC1. The molecule has 0 aromatic carbocycles. The van der Waals surface area contributed by atoms with Crippen LogP contribution in [0.15, 0.2) is 0 Å². The lowest BCUT2D eigenvalue weighted by molar-refractivity contribution is -0.187. The topological polar surface area (TPSA) is 77.8 Å². The predicted octanol–water partition coefficient (Wildman–Crippen LogP) is 0.233. The van der Waals surface area contributed by atoms with Crippen molar-refractivity contribution in [1.29, 1.82) is 0 Å². The molecule has 2 N–H and O–H groups in total. The summed E-state index contributed by atoms with van der Waals surface area (Å²) >= 11 is 0. The molecule has 8 heteroatoms. The second-order valence-electron chi connectivity index (χ2n) is 3.91. The second kappa shape index (κ2) is 4.91. The Labute approximate surface area is 94.8 Å². The number of carboxylic acids is 1. The van der Waals surface area contributed by atoms with Crippen molar-refractivity contribution in [3.8, 4) is 0 Å². The van der Waals surface area contributed by atoms with Crippen LogP contribution in [0, 0.1) is 5.92 Å². The summed E-state index contributed by atoms with van der Waals surface area (Å²) in [5.41, 5.74) is 0. The molecular weight excluding hydrogens is 243 g/mol. The Balaban J connectivity index is 2.52. The van der Waals surface area contributed by atoms with E-state index in [9.17, 15) is 27.9 Å². The number of likely N-dealkylation sites (tertiary alicyclic amines) is 1. The fourth-order valence-corrected chi connectivity index (χ4v) is 1.80. The van der Waals surface area contributed by atoms with Crippen molar-refractivity contribution in [2.45, 2.75) is 25.1 Å². The van der Waals surface area contributed by atoms with E-state index in [4.69, 9.17) is 5.11 Å². The Morgan fingerprint density at radius 1 is 1.24 bits per heavy atom. The lowest BCUT2D eigenvalue weighted by Crippen LogP contribution is -2.47. The van der Waals surface area contributed by atoms with Gasteiger partial charge in [-0.3, -0.25) is 4.79 Å². The highest BCUT2D eigenvalue weighted by Crippen LogP contribution is 2.25. The zero-order chi connectivity index (χ0) is 13.2. The van der Waals surface area contributed by atoms with Crippen LogP contribution in [0.3, 0.4) is 0 Å². The van der Waals surface area contributed by atoms with Crippen LogP contribution in [0.5, 0.6) is 0 Å². The third kappa shape index (κ3) is 3.32. The van der Waals surface area contributed by atoms with Crippen LogP contribution in [0.25, 0.3) is 0 Å². The molecule has 1 amide bonds. The number of carboxylic acid groups (broad SMARTS) is 1. The average Bonchev–Trinajstić information content (AvgIpc) is 2.26. The molecule has 1 unspecified atom stereocenters.